The van der Waals surface area contributed by atoms with E-state index in [2.05, 4.69) is 21.0 Å². The van der Waals surface area contributed by atoms with Crippen LogP contribution in [0, 0.1) is 12.7 Å². The molecule has 96 valence electrons. The van der Waals surface area contributed by atoms with E-state index in [1.54, 1.807) is 17.8 Å². The van der Waals surface area contributed by atoms with Crippen LogP contribution in [0.25, 0.3) is 0 Å². The quantitative estimate of drug-likeness (QED) is 0.853. The van der Waals surface area contributed by atoms with Crippen LogP contribution in [-0.4, -0.2) is 9.78 Å². The molecule has 1 aromatic carbocycles. The van der Waals surface area contributed by atoms with Crippen molar-refractivity contribution in [3.8, 4) is 5.75 Å². The second-order valence-corrected chi connectivity index (χ2v) is 5.07. The van der Waals surface area contributed by atoms with Crippen LogP contribution >= 0.6 is 27.5 Å². The van der Waals surface area contributed by atoms with E-state index in [9.17, 15) is 4.39 Å². The van der Waals surface area contributed by atoms with E-state index in [-0.39, 0.29) is 12.4 Å². The highest BCUT2D eigenvalue weighted by Gasteiger charge is 2.12. The number of hydrogen-bond donors (Lipinski definition) is 0. The first-order chi connectivity index (χ1) is 8.49. The van der Waals surface area contributed by atoms with Gasteiger partial charge in [-0.15, -0.1) is 0 Å². The lowest BCUT2D eigenvalue weighted by molar-refractivity contribution is 0.291. The summed E-state index contributed by atoms with van der Waals surface area (Å²) in [6.07, 6.45) is 0. The Kier molecular flexibility index (Phi) is 3.92. The number of nitrogens with zero attached hydrogens (tertiary/aromatic N) is 2. The predicted octanol–water partition coefficient (Wildman–Crippen LogP) is 3.86. The van der Waals surface area contributed by atoms with Gasteiger partial charge in [0, 0.05) is 13.1 Å². The highest BCUT2D eigenvalue weighted by atomic mass is 79.9. The molecule has 0 amide bonds. The van der Waals surface area contributed by atoms with Crippen LogP contribution in [0.2, 0.25) is 5.02 Å². The average Bonchev–Trinajstić information content (AvgIpc) is 2.55. The minimum atomic E-state index is -0.347. The molecule has 0 aliphatic carbocycles. The van der Waals surface area contributed by atoms with Gasteiger partial charge in [-0.3, -0.25) is 4.68 Å². The van der Waals surface area contributed by atoms with E-state index < -0.39 is 0 Å². The molecule has 0 fully saturated rings. The van der Waals surface area contributed by atoms with E-state index in [1.807, 2.05) is 6.92 Å². The van der Waals surface area contributed by atoms with Crippen molar-refractivity contribution < 1.29 is 9.13 Å². The van der Waals surface area contributed by atoms with Gasteiger partial charge in [0.15, 0.2) is 0 Å². The minimum Gasteiger partial charge on any atom is -0.486 e. The highest BCUT2D eigenvalue weighted by molar-refractivity contribution is 9.10. The summed E-state index contributed by atoms with van der Waals surface area (Å²) < 4.78 is 21.0. The summed E-state index contributed by atoms with van der Waals surface area (Å²) in [6, 6.07) is 4.28. The zero-order valence-corrected chi connectivity index (χ0v) is 12.2. The van der Waals surface area contributed by atoms with E-state index in [0.29, 0.717) is 15.2 Å². The van der Waals surface area contributed by atoms with Gasteiger partial charge in [-0.25, -0.2) is 4.39 Å². The highest BCUT2D eigenvalue weighted by Crippen LogP contribution is 2.27. The molecule has 0 radical (unpaired) electrons. The third-order valence-electron chi connectivity index (χ3n) is 2.52. The van der Waals surface area contributed by atoms with Crippen molar-refractivity contribution in [2.75, 3.05) is 0 Å². The maximum Gasteiger partial charge on any atom is 0.136 e. The van der Waals surface area contributed by atoms with Crippen molar-refractivity contribution in [3.63, 3.8) is 0 Å². The average molecular weight is 334 g/mol. The first kappa shape index (κ1) is 13.4. The van der Waals surface area contributed by atoms with Crippen molar-refractivity contribution in [1.82, 2.24) is 9.78 Å². The van der Waals surface area contributed by atoms with Gasteiger partial charge in [-0.1, -0.05) is 11.6 Å². The van der Waals surface area contributed by atoms with Crippen LogP contribution in [0.15, 0.2) is 22.7 Å². The predicted molar refractivity (Wildman–Crippen MR) is 71.4 cm³/mol. The Bertz CT molecular complexity index is 586. The smallest absolute Gasteiger partial charge is 0.136 e. The third-order valence-corrected chi connectivity index (χ3v) is 3.67. The summed E-state index contributed by atoms with van der Waals surface area (Å²) in [4.78, 5) is 0. The van der Waals surface area contributed by atoms with Crippen molar-refractivity contribution >= 4 is 27.5 Å². The number of aromatic nitrogens is 2. The lowest BCUT2D eigenvalue weighted by Crippen LogP contribution is -2.04. The van der Waals surface area contributed by atoms with Gasteiger partial charge in [0.1, 0.15) is 18.2 Å². The zero-order valence-electron chi connectivity index (χ0n) is 9.88. The second kappa shape index (κ2) is 5.28. The molecule has 0 bridgehead atoms. The second-order valence-electron chi connectivity index (χ2n) is 3.83. The minimum absolute atomic E-state index is 0.234. The Morgan fingerprint density at radius 2 is 2.22 bits per heavy atom. The van der Waals surface area contributed by atoms with Crippen molar-refractivity contribution in [2.24, 2.45) is 7.05 Å². The molecule has 1 aromatic heterocycles. The largest absolute Gasteiger partial charge is 0.486 e. The Hall–Kier alpha value is -1.07. The van der Waals surface area contributed by atoms with E-state index >= 15 is 0 Å². The van der Waals surface area contributed by atoms with Gasteiger partial charge in [-0.05, 0) is 35.0 Å². The molecule has 6 heteroatoms. The van der Waals surface area contributed by atoms with Gasteiger partial charge in [0.2, 0.25) is 0 Å². The lowest BCUT2D eigenvalue weighted by atomic mass is 10.3. The van der Waals surface area contributed by atoms with Crippen LogP contribution in [0.5, 0.6) is 5.75 Å². The molecule has 1 heterocycles. The zero-order chi connectivity index (χ0) is 13.3. The van der Waals surface area contributed by atoms with Crippen LogP contribution in [0.4, 0.5) is 4.39 Å². The summed E-state index contributed by atoms with van der Waals surface area (Å²) in [5.74, 6) is 0.0883. The first-order valence-corrected chi connectivity index (χ1v) is 6.42. The van der Waals surface area contributed by atoms with Crippen molar-refractivity contribution in [3.05, 3.63) is 44.9 Å². The number of halogens is 3. The number of ether oxygens (including phenoxy) is 1. The number of benzene rings is 1. The van der Waals surface area contributed by atoms with Crippen molar-refractivity contribution in [2.45, 2.75) is 13.5 Å². The number of aryl methyl sites for hydroxylation is 2. The standard InChI is InChI=1S/C12H11BrClFN2O/c1-7-12(14)10(17(2)16-7)6-18-11-5-8(15)3-4-9(11)13/h3-5H,6H2,1-2H3. The summed E-state index contributed by atoms with van der Waals surface area (Å²) >= 11 is 9.40. The third kappa shape index (κ3) is 2.67. The van der Waals surface area contributed by atoms with Gasteiger partial charge in [-0.2, -0.15) is 5.10 Å². The molecule has 2 rings (SSSR count). The van der Waals surface area contributed by atoms with Crippen molar-refractivity contribution in [1.29, 1.82) is 0 Å². The Morgan fingerprint density at radius 3 is 2.83 bits per heavy atom. The normalized spacial score (nSPS) is 10.7. The van der Waals surface area contributed by atoms with Gasteiger partial charge < -0.3 is 4.74 Å². The molecule has 3 nitrogen and oxygen atoms in total. The topological polar surface area (TPSA) is 27.1 Å². The molecule has 18 heavy (non-hydrogen) atoms. The molecule has 0 aliphatic heterocycles. The lowest BCUT2D eigenvalue weighted by Gasteiger charge is -2.08. The molecule has 0 saturated carbocycles. The van der Waals surface area contributed by atoms with Gasteiger partial charge in [0.05, 0.1) is 20.9 Å². The van der Waals surface area contributed by atoms with Crippen LogP contribution in [0.1, 0.15) is 11.4 Å². The van der Waals surface area contributed by atoms with Crippen LogP contribution < -0.4 is 4.74 Å². The maximum absolute atomic E-state index is 13.1. The SMILES string of the molecule is Cc1nn(C)c(COc2cc(F)ccc2Br)c1Cl. The molecule has 2 aromatic rings. The fourth-order valence-electron chi connectivity index (χ4n) is 1.57. The fourth-order valence-corrected chi connectivity index (χ4v) is 2.15. The van der Waals surface area contributed by atoms with Crippen LogP contribution in [-0.2, 0) is 13.7 Å². The summed E-state index contributed by atoms with van der Waals surface area (Å²) in [5.41, 5.74) is 1.50. The molecule has 0 spiro atoms. The first-order valence-electron chi connectivity index (χ1n) is 5.25. The monoisotopic (exact) mass is 332 g/mol. The van der Waals surface area contributed by atoms with E-state index in [0.717, 1.165) is 11.4 Å². The Labute approximate surface area is 118 Å². The summed E-state index contributed by atoms with van der Waals surface area (Å²) in [7, 11) is 1.79. The number of rotatable bonds is 3. The molecular weight excluding hydrogens is 322 g/mol. The van der Waals surface area contributed by atoms with Gasteiger partial charge in [0.25, 0.3) is 0 Å². The molecule has 0 saturated heterocycles. The van der Waals surface area contributed by atoms with E-state index in [4.69, 9.17) is 16.3 Å². The van der Waals surface area contributed by atoms with E-state index in [1.165, 1.54) is 12.1 Å². The molecule has 0 atom stereocenters. The molecular formula is C12H11BrClFN2O. The van der Waals surface area contributed by atoms with Crippen LogP contribution in [0.3, 0.4) is 0 Å². The summed E-state index contributed by atoms with van der Waals surface area (Å²) in [6.45, 7) is 2.06. The fraction of sp³-hybridized carbons (Fsp3) is 0.250. The maximum atomic E-state index is 13.1. The Morgan fingerprint density at radius 1 is 1.50 bits per heavy atom. The Balaban J connectivity index is 2.19. The molecule has 0 N–H and O–H groups in total. The summed E-state index contributed by atoms with van der Waals surface area (Å²) in [5, 5.41) is 4.76. The number of hydrogen-bond acceptors (Lipinski definition) is 2. The molecule has 0 unspecified atom stereocenters. The van der Waals surface area contributed by atoms with Gasteiger partial charge >= 0.3 is 0 Å². The molecule has 0 aliphatic rings.